The van der Waals surface area contributed by atoms with Gasteiger partial charge in [-0.3, -0.25) is 24.9 Å². The lowest BCUT2D eigenvalue weighted by Crippen LogP contribution is -2.19. The normalized spacial score (nSPS) is 11.1. The SMILES string of the molecule is NC(=O)c1ccc(OC(F)(F)F)c([N+](=O)[O-])c1-c1cnc(-c2ccccc2)cn1. The van der Waals surface area contributed by atoms with Gasteiger partial charge in [-0.2, -0.15) is 0 Å². The predicted octanol–water partition coefficient (Wildman–Crippen LogP) is 3.72. The molecule has 8 nitrogen and oxygen atoms in total. The Labute approximate surface area is 160 Å². The summed E-state index contributed by atoms with van der Waals surface area (Å²) in [6.45, 7) is 0. The first-order valence-corrected chi connectivity index (χ1v) is 7.92. The van der Waals surface area contributed by atoms with E-state index in [9.17, 15) is 28.1 Å². The van der Waals surface area contributed by atoms with E-state index < -0.39 is 39.8 Å². The Bertz CT molecular complexity index is 1070. The highest BCUT2D eigenvalue weighted by molar-refractivity contribution is 6.02. The van der Waals surface area contributed by atoms with Crippen molar-refractivity contribution in [3.8, 4) is 28.3 Å². The minimum absolute atomic E-state index is 0.210. The van der Waals surface area contributed by atoms with Gasteiger partial charge in [0, 0.05) is 5.56 Å². The van der Waals surface area contributed by atoms with E-state index in [1.54, 1.807) is 30.3 Å². The van der Waals surface area contributed by atoms with Gasteiger partial charge in [-0.05, 0) is 12.1 Å². The van der Waals surface area contributed by atoms with Crippen molar-refractivity contribution < 1.29 is 27.6 Å². The molecule has 0 radical (unpaired) electrons. The topological polar surface area (TPSA) is 121 Å². The molecule has 11 heteroatoms. The number of alkyl halides is 3. The molecule has 0 aliphatic carbocycles. The third kappa shape index (κ3) is 4.29. The van der Waals surface area contributed by atoms with Crippen LogP contribution in [0.4, 0.5) is 18.9 Å². The highest BCUT2D eigenvalue weighted by Crippen LogP contribution is 2.41. The van der Waals surface area contributed by atoms with Gasteiger partial charge in [0.15, 0.2) is 0 Å². The second-order valence-electron chi connectivity index (χ2n) is 5.66. The zero-order valence-electron chi connectivity index (χ0n) is 14.4. The van der Waals surface area contributed by atoms with Crippen LogP contribution in [0.5, 0.6) is 5.75 Å². The Hall–Kier alpha value is -4.02. The number of carbonyl (C=O) groups is 1. The minimum Gasteiger partial charge on any atom is -0.398 e. The van der Waals surface area contributed by atoms with E-state index in [1.165, 1.54) is 6.20 Å². The molecule has 2 N–H and O–H groups in total. The number of nitro groups is 1. The number of benzene rings is 2. The average molecular weight is 404 g/mol. The summed E-state index contributed by atoms with van der Waals surface area (Å²) < 4.78 is 41.7. The molecule has 3 aromatic rings. The van der Waals surface area contributed by atoms with Crippen LogP contribution in [-0.4, -0.2) is 27.2 Å². The first kappa shape index (κ1) is 19.7. The van der Waals surface area contributed by atoms with Gasteiger partial charge in [0.05, 0.1) is 39.8 Å². The van der Waals surface area contributed by atoms with Gasteiger partial charge >= 0.3 is 12.0 Å². The number of nitrogens with zero attached hydrogens (tertiary/aromatic N) is 3. The van der Waals surface area contributed by atoms with Crippen molar-refractivity contribution in [1.82, 2.24) is 9.97 Å². The maximum Gasteiger partial charge on any atom is 0.573 e. The van der Waals surface area contributed by atoms with Gasteiger partial charge in [0.1, 0.15) is 0 Å². The molecular formula is C18H11F3N4O4. The lowest BCUT2D eigenvalue weighted by molar-refractivity contribution is -0.388. The fraction of sp³-hybridized carbons (Fsp3) is 0.0556. The van der Waals surface area contributed by atoms with E-state index in [2.05, 4.69) is 14.7 Å². The Morgan fingerprint density at radius 1 is 1.03 bits per heavy atom. The van der Waals surface area contributed by atoms with E-state index in [0.717, 1.165) is 12.3 Å². The molecule has 1 amide bonds. The summed E-state index contributed by atoms with van der Waals surface area (Å²) in [7, 11) is 0. The molecule has 0 saturated heterocycles. The largest absolute Gasteiger partial charge is 0.573 e. The molecular weight excluding hydrogens is 393 g/mol. The van der Waals surface area contributed by atoms with E-state index in [1.807, 2.05) is 0 Å². The Morgan fingerprint density at radius 2 is 1.66 bits per heavy atom. The Kier molecular flexibility index (Phi) is 5.13. The monoisotopic (exact) mass is 404 g/mol. The molecule has 148 valence electrons. The number of primary amides is 1. The minimum atomic E-state index is -5.18. The summed E-state index contributed by atoms with van der Waals surface area (Å²) in [6.07, 6.45) is -2.80. The first-order valence-electron chi connectivity index (χ1n) is 7.92. The molecule has 0 aliphatic rings. The number of ether oxygens (including phenoxy) is 1. The molecule has 0 saturated carbocycles. The summed E-state index contributed by atoms with van der Waals surface area (Å²) in [5.74, 6) is -2.19. The van der Waals surface area contributed by atoms with Crippen LogP contribution >= 0.6 is 0 Å². The first-order chi connectivity index (χ1) is 13.7. The third-order valence-electron chi connectivity index (χ3n) is 3.79. The highest BCUT2D eigenvalue weighted by atomic mass is 19.4. The molecule has 1 aromatic heterocycles. The molecule has 2 aromatic carbocycles. The fourth-order valence-electron chi connectivity index (χ4n) is 2.64. The maximum absolute atomic E-state index is 12.7. The lowest BCUT2D eigenvalue weighted by Gasteiger charge is -2.13. The average Bonchev–Trinajstić information content (AvgIpc) is 2.67. The molecule has 0 fully saturated rings. The zero-order valence-corrected chi connectivity index (χ0v) is 14.4. The molecule has 0 atom stereocenters. The van der Waals surface area contributed by atoms with Crippen LogP contribution in [0.15, 0.2) is 54.9 Å². The number of aromatic nitrogens is 2. The standard InChI is InChI=1S/C18H11F3N4O4/c19-18(20,21)29-14-7-6-11(17(22)26)15(16(14)25(27)28)13-9-23-12(8-24-13)10-4-2-1-3-5-10/h1-9H,(H2,22,26). The van der Waals surface area contributed by atoms with Crippen LogP contribution in [0.25, 0.3) is 22.5 Å². The number of nitrogens with two attached hydrogens (primary N) is 1. The number of carbonyl (C=O) groups excluding carboxylic acids is 1. The molecule has 1 heterocycles. The van der Waals surface area contributed by atoms with Crippen molar-refractivity contribution in [3.63, 3.8) is 0 Å². The van der Waals surface area contributed by atoms with Crippen LogP contribution in [-0.2, 0) is 0 Å². The van der Waals surface area contributed by atoms with E-state index in [0.29, 0.717) is 17.3 Å². The second-order valence-corrected chi connectivity index (χ2v) is 5.66. The highest BCUT2D eigenvalue weighted by Gasteiger charge is 2.37. The zero-order chi connectivity index (χ0) is 21.2. The number of hydrogen-bond acceptors (Lipinski definition) is 6. The van der Waals surface area contributed by atoms with Crippen molar-refractivity contribution >= 4 is 11.6 Å². The van der Waals surface area contributed by atoms with Crippen molar-refractivity contribution in [2.45, 2.75) is 6.36 Å². The van der Waals surface area contributed by atoms with Crippen LogP contribution in [0.1, 0.15) is 10.4 Å². The Morgan fingerprint density at radius 3 is 2.17 bits per heavy atom. The predicted molar refractivity (Wildman–Crippen MR) is 94.8 cm³/mol. The lowest BCUT2D eigenvalue weighted by atomic mass is 10.0. The van der Waals surface area contributed by atoms with Crippen LogP contribution in [0, 0.1) is 10.1 Å². The van der Waals surface area contributed by atoms with E-state index in [4.69, 9.17) is 5.73 Å². The molecule has 29 heavy (non-hydrogen) atoms. The Balaban J connectivity index is 2.19. The van der Waals surface area contributed by atoms with E-state index in [-0.39, 0.29) is 5.69 Å². The van der Waals surface area contributed by atoms with Crippen molar-refractivity contribution in [1.29, 1.82) is 0 Å². The summed E-state index contributed by atoms with van der Waals surface area (Å²) in [5.41, 5.74) is 4.14. The quantitative estimate of drug-likeness (QED) is 0.511. The number of nitro benzene ring substituents is 1. The molecule has 3 rings (SSSR count). The van der Waals surface area contributed by atoms with Crippen LogP contribution in [0.3, 0.4) is 0 Å². The van der Waals surface area contributed by atoms with Crippen molar-refractivity contribution in [2.24, 2.45) is 5.73 Å². The van der Waals surface area contributed by atoms with Crippen LogP contribution < -0.4 is 10.5 Å². The second kappa shape index (κ2) is 7.54. The molecule has 0 aliphatic heterocycles. The third-order valence-corrected chi connectivity index (χ3v) is 3.79. The molecule has 0 unspecified atom stereocenters. The van der Waals surface area contributed by atoms with Gasteiger partial charge in [-0.1, -0.05) is 30.3 Å². The maximum atomic E-state index is 12.7. The summed E-state index contributed by atoms with van der Waals surface area (Å²) in [4.78, 5) is 30.3. The molecule has 0 spiro atoms. The van der Waals surface area contributed by atoms with Gasteiger partial charge in [0.25, 0.3) is 0 Å². The van der Waals surface area contributed by atoms with E-state index >= 15 is 0 Å². The number of amides is 1. The smallest absolute Gasteiger partial charge is 0.398 e. The number of hydrogen-bond donors (Lipinski definition) is 1. The summed E-state index contributed by atoms with van der Waals surface area (Å²) >= 11 is 0. The van der Waals surface area contributed by atoms with Gasteiger partial charge in [0.2, 0.25) is 11.7 Å². The summed E-state index contributed by atoms with van der Waals surface area (Å²) in [5, 5.41) is 11.5. The van der Waals surface area contributed by atoms with Crippen LogP contribution in [0.2, 0.25) is 0 Å². The number of halogens is 3. The van der Waals surface area contributed by atoms with Gasteiger partial charge in [-0.15, -0.1) is 13.2 Å². The molecule has 0 bridgehead atoms. The van der Waals surface area contributed by atoms with Crippen molar-refractivity contribution in [2.75, 3.05) is 0 Å². The number of rotatable bonds is 5. The van der Waals surface area contributed by atoms with Crippen molar-refractivity contribution in [3.05, 3.63) is 70.5 Å². The fourth-order valence-corrected chi connectivity index (χ4v) is 2.64. The summed E-state index contributed by atoms with van der Waals surface area (Å²) in [6, 6.07) is 10.4. The van der Waals surface area contributed by atoms with Gasteiger partial charge < -0.3 is 10.5 Å². The van der Waals surface area contributed by atoms with Gasteiger partial charge in [-0.25, -0.2) is 0 Å².